The number of pyridine rings is 1. The molecule has 0 radical (unpaired) electrons. The number of nitrogens with one attached hydrogen (secondary N) is 1. The van der Waals surface area contributed by atoms with Gasteiger partial charge in [-0.1, -0.05) is 23.7 Å². The van der Waals surface area contributed by atoms with Crippen molar-refractivity contribution < 1.29 is 4.74 Å². The van der Waals surface area contributed by atoms with E-state index < -0.39 is 0 Å². The van der Waals surface area contributed by atoms with E-state index in [0.29, 0.717) is 0 Å². The van der Waals surface area contributed by atoms with Gasteiger partial charge in [0.05, 0.1) is 13.2 Å². The Hall–Kier alpha value is -1.49. The van der Waals surface area contributed by atoms with E-state index in [4.69, 9.17) is 16.3 Å². The molecule has 1 aliphatic rings. The average Bonchev–Trinajstić information content (AvgIpc) is 2.51. The van der Waals surface area contributed by atoms with Gasteiger partial charge in [0.2, 0.25) is 0 Å². The molecule has 6 heteroatoms. The fourth-order valence-electron chi connectivity index (χ4n) is 2.30. The van der Waals surface area contributed by atoms with Crippen LogP contribution in [-0.2, 0) is 4.74 Å². The quantitative estimate of drug-likeness (QED) is 0.922. The third-order valence-electron chi connectivity index (χ3n) is 3.42. The standard InChI is InChI=1S/C15H15ClN2O2.ClH/c16-13-5-6-14(17-15(13)19)11-1-3-12(4-2-11)18-7-9-20-10-8-18;/h1-6H,7-10H2,(H,17,19);1H. The second-order valence-corrected chi connectivity index (χ2v) is 5.10. The number of H-pyrrole nitrogens is 1. The van der Waals surface area contributed by atoms with E-state index in [-0.39, 0.29) is 23.0 Å². The van der Waals surface area contributed by atoms with Crippen molar-refractivity contribution in [2.24, 2.45) is 0 Å². The number of nitrogens with zero attached hydrogens (tertiary/aromatic N) is 1. The summed E-state index contributed by atoms with van der Waals surface area (Å²) in [5.41, 5.74) is 2.65. The Bertz CT molecular complexity index is 649. The summed E-state index contributed by atoms with van der Waals surface area (Å²) in [6.07, 6.45) is 0. The molecule has 4 nitrogen and oxygen atoms in total. The first-order valence-electron chi connectivity index (χ1n) is 6.56. The number of halogens is 2. The summed E-state index contributed by atoms with van der Waals surface area (Å²) in [4.78, 5) is 16.6. The second kappa shape index (κ2) is 6.98. The van der Waals surface area contributed by atoms with Crippen LogP contribution in [0.5, 0.6) is 0 Å². The Labute approximate surface area is 134 Å². The molecular weight excluding hydrogens is 311 g/mol. The second-order valence-electron chi connectivity index (χ2n) is 4.70. The van der Waals surface area contributed by atoms with Gasteiger partial charge < -0.3 is 14.6 Å². The molecule has 2 heterocycles. The number of ether oxygens (including phenoxy) is 1. The van der Waals surface area contributed by atoms with E-state index in [1.807, 2.05) is 18.2 Å². The molecule has 0 aliphatic carbocycles. The molecule has 21 heavy (non-hydrogen) atoms. The lowest BCUT2D eigenvalue weighted by Gasteiger charge is -2.28. The van der Waals surface area contributed by atoms with Crippen LogP contribution in [0.25, 0.3) is 11.3 Å². The number of aromatic nitrogens is 1. The number of rotatable bonds is 2. The molecule has 1 fully saturated rings. The molecule has 0 amide bonds. The maximum atomic E-state index is 11.5. The van der Waals surface area contributed by atoms with Gasteiger partial charge in [0.25, 0.3) is 5.56 Å². The molecule has 1 aromatic carbocycles. The van der Waals surface area contributed by atoms with Gasteiger partial charge in [-0.15, -0.1) is 12.4 Å². The first-order chi connectivity index (χ1) is 9.74. The molecule has 2 aromatic rings. The molecule has 1 N–H and O–H groups in total. The van der Waals surface area contributed by atoms with Crippen molar-refractivity contribution in [3.63, 3.8) is 0 Å². The largest absolute Gasteiger partial charge is 0.378 e. The van der Waals surface area contributed by atoms with Crippen LogP contribution >= 0.6 is 24.0 Å². The van der Waals surface area contributed by atoms with Gasteiger partial charge in [-0.2, -0.15) is 0 Å². The smallest absolute Gasteiger partial charge is 0.267 e. The third-order valence-corrected chi connectivity index (χ3v) is 3.71. The maximum Gasteiger partial charge on any atom is 0.267 e. The zero-order valence-electron chi connectivity index (χ0n) is 11.3. The minimum Gasteiger partial charge on any atom is -0.378 e. The van der Waals surface area contributed by atoms with Crippen LogP contribution in [0.3, 0.4) is 0 Å². The molecule has 0 atom stereocenters. The van der Waals surface area contributed by atoms with Crippen molar-refractivity contribution in [3.8, 4) is 11.3 Å². The van der Waals surface area contributed by atoms with Crippen molar-refractivity contribution in [1.82, 2.24) is 4.98 Å². The van der Waals surface area contributed by atoms with E-state index in [9.17, 15) is 4.79 Å². The van der Waals surface area contributed by atoms with Gasteiger partial charge in [0.1, 0.15) is 5.02 Å². The minimum atomic E-state index is -0.263. The van der Waals surface area contributed by atoms with E-state index in [0.717, 1.165) is 37.6 Å². The summed E-state index contributed by atoms with van der Waals surface area (Å²) in [7, 11) is 0. The molecule has 1 aliphatic heterocycles. The SMILES string of the molecule is Cl.O=c1[nH]c(-c2ccc(N3CCOCC3)cc2)ccc1Cl. The highest BCUT2D eigenvalue weighted by Gasteiger charge is 2.11. The number of hydrogen-bond acceptors (Lipinski definition) is 3. The van der Waals surface area contributed by atoms with Crippen molar-refractivity contribution in [3.05, 3.63) is 51.8 Å². The van der Waals surface area contributed by atoms with Crippen LogP contribution in [0.15, 0.2) is 41.2 Å². The molecular formula is C15H16Cl2N2O2. The Morgan fingerprint density at radius 1 is 1.05 bits per heavy atom. The summed E-state index contributed by atoms with van der Waals surface area (Å²) < 4.78 is 5.34. The van der Waals surface area contributed by atoms with Crippen molar-refractivity contribution in [2.45, 2.75) is 0 Å². The Morgan fingerprint density at radius 3 is 2.33 bits per heavy atom. The topological polar surface area (TPSA) is 45.3 Å². The molecule has 0 spiro atoms. The predicted molar refractivity (Wildman–Crippen MR) is 87.8 cm³/mol. The summed E-state index contributed by atoms with van der Waals surface area (Å²) >= 11 is 5.73. The summed E-state index contributed by atoms with van der Waals surface area (Å²) in [6, 6.07) is 11.6. The van der Waals surface area contributed by atoms with Gasteiger partial charge >= 0.3 is 0 Å². The molecule has 1 aromatic heterocycles. The fourth-order valence-corrected chi connectivity index (χ4v) is 2.41. The molecule has 112 valence electrons. The van der Waals surface area contributed by atoms with Crippen molar-refractivity contribution in [1.29, 1.82) is 0 Å². The maximum absolute atomic E-state index is 11.5. The lowest BCUT2D eigenvalue weighted by atomic mass is 10.1. The normalized spacial score (nSPS) is 14.6. The minimum absolute atomic E-state index is 0. The summed E-state index contributed by atoms with van der Waals surface area (Å²) in [5.74, 6) is 0. The molecule has 1 saturated heterocycles. The highest BCUT2D eigenvalue weighted by atomic mass is 35.5. The Balaban J connectivity index is 0.00000161. The zero-order valence-corrected chi connectivity index (χ0v) is 12.9. The number of benzene rings is 1. The van der Waals surface area contributed by atoms with Crippen LogP contribution in [0.1, 0.15) is 0 Å². The molecule has 0 unspecified atom stereocenters. The van der Waals surface area contributed by atoms with Gasteiger partial charge in [0, 0.05) is 24.5 Å². The number of aromatic amines is 1. The Morgan fingerprint density at radius 2 is 1.71 bits per heavy atom. The van der Waals surface area contributed by atoms with Crippen LogP contribution in [-0.4, -0.2) is 31.3 Å². The monoisotopic (exact) mass is 326 g/mol. The number of morpholine rings is 1. The van der Waals surface area contributed by atoms with E-state index >= 15 is 0 Å². The van der Waals surface area contributed by atoms with Gasteiger partial charge in [-0.05, 0) is 29.8 Å². The third kappa shape index (κ3) is 3.59. The van der Waals surface area contributed by atoms with Crippen LogP contribution < -0.4 is 10.5 Å². The zero-order chi connectivity index (χ0) is 13.9. The highest BCUT2D eigenvalue weighted by molar-refractivity contribution is 6.30. The first-order valence-corrected chi connectivity index (χ1v) is 6.94. The Kier molecular flexibility index (Phi) is 5.28. The summed E-state index contributed by atoms with van der Waals surface area (Å²) in [5, 5.41) is 0.207. The van der Waals surface area contributed by atoms with E-state index in [1.165, 1.54) is 5.69 Å². The highest BCUT2D eigenvalue weighted by Crippen LogP contribution is 2.22. The predicted octanol–water partition coefficient (Wildman–Crippen LogP) is 2.95. The average molecular weight is 327 g/mol. The molecule has 0 saturated carbocycles. The number of anilines is 1. The van der Waals surface area contributed by atoms with Gasteiger partial charge in [-0.3, -0.25) is 4.79 Å². The summed E-state index contributed by atoms with van der Waals surface area (Å²) in [6.45, 7) is 3.37. The lowest BCUT2D eigenvalue weighted by molar-refractivity contribution is 0.122. The molecule has 3 rings (SSSR count). The molecule has 0 bridgehead atoms. The van der Waals surface area contributed by atoms with Crippen LogP contribution in [0, 0.1) is 0 Å². The van der Waals surface area contributed by atoms with Crippen molar-refractivity contribution in [2.75, 3.05) is 31.2 Å². The van der Waals surface area contributed by atoms with Crippen LogP contribution in [0.2, 0.25) is 5.02 Å². The van der Waals surface area contributed by atoms with E-state index in [2.05, 4.69) is 22.0 Å². The van der Waals surface area contributed by atoms with Crippen molar-refractivity contribution >= 4 is 29.7 Å². The van der Waals surface area contributed by atoms with Crippen LogP contribution in [0.4, 0.5) is 5.69 Å². The number of hydrogen-bond donors (Lipinski definition) is 1. The fraction of sp³-hybridized carbons (Fsp3) is 0.267. The van der Waals surface area contributed by atoms with Gasteiger partial charge in [-0.25, -0.2) is 0 Å². The van der Waals surface area contributed by atoms with Gasteiger partial charge in [0.15, 0.2) is 0 Å². The lowest BCUT2D eigenvalue weighted by Crippen LogP contribution is -2.36. The first kappa shape index (κ1) is 15.9. The van der Waals surface area contributed by atoms with E-state index in [1.54, 1.807) is 6.07 Å².